The zero-order chi connectivity index (χ0) is 14.4. The van der Waals surface area contributed by atoms with Gasteiger partial charge in [0.2, 0.25) is 5.91 Å². The summed E-state index contributed by atoms with van der Waals surface area (Å²) in [5.41, 5.74) is 7.06. The second kappa shape index (κ2) is 7.24. The molecule has 0 aliphatic rings. The molecule has 1 aromatic carbocycles. The van der Waals surface area contributed by atoms with E-state index in [9.17, 15) is 9.18 Å². The lowest BCUT2D eigenvalue weighted by molar-refractivity contribution is -0.117. The smallest absolute Gasteiger partial charge is 0.224 e. The van der Waals surface area contributed by atoms with Crippen molar-refractivity contribution in [2.75, 3.05) is 11.9 Å². The number of hydrogen-bond donors (Lipinski definition) is 2. The van der Waals surface area contributed by atoms with Crippen molar-refractivity contribution in [1.82, 2.24) is 0 Å². The van der Waals surface area contributed by atoms with Gasteiger partial charge in [-0.2, -0.15) is 0 Å². The maximum Gasteiger partial charge on any atom is 0.224 e. The van der Waals surface area contributed by atoms with Gasteiger partial charge in [0, 0.05) is 12.1 Å². The summed E-state index contributed by atoms with van der Waals surface area (Å²) in [6.45, 7) is 6.55. The number of nitrogens with one attached hydrogen (secondary N) is 1. The molecule has 0 saturated heterocycles. The molecule has 0 fully saturated rings. The summed E-state index contributed by atoms with van der Waals surface area (Å²) < 4.78 is 13.1. The number of amides is 1. The lowest BCUT2D eigenvalue weighted by atomic mass is 9.94. The van der Waals surface area contributed by atoms with Crippen molar-refractivity contribution in [3.8, 4) is 0 Å². The summed E-state index contributed by atoms with van der Waals surface area (Å²) >= 11 is 0. The van der Waals surface area contributed by atoms with Gasteiger partial charge in [-0.15, -0.1) is 0 Å². The summed E-state index contributed by atoms with van der Waals surface area (Å²) in [6.07, 6.45) is 1.30. The first-order valence-corrected chi connectivity index (χ1v) is 6.68. The van der Waals surface area contributed by atoms with Crippen LogP contribution in [0.25, 0.3) is 0 Å². The Balaban J connectivity index is 2.61. The summed E-state index contributed by atoms with van der Waals surface area (Å²) in [6, 6.07) is 4.37. The van der Waals surface area contributed by atoms with Crippen LogP contribution in [-0.4, -0.2) is 12.5 Å². The molecule has 0 saturated carbocycles. The van der Waals surface area contributed by atoms with Crippen LogP contribution in [0.3, 0.4) is 0 Å². The van der Waals surface area contributed by atoms with Crippen LogP contribution in [0.2, 0.25) is 0 Å². The first-order valence-electron chi connectivity index (χ1n) is 6.68. The molecule has 3 nitrogen and oxygen atoms in total. The lowest BCUT2D eigenvalue weighted by Gasteiger charge is -2.17. The molecule has 0 radical (unpaired) electrons. The van der Waals surface area contributed by atoms with Crippen LogP contribution >= 0.6 is 0 Å². The molecular weight excluding hydrogens is 243 g/mol. The molecule has 1 rings (SSSR count). The Morgan fingerprint density at radius 3 is 2.68 bits per heavy atom. The van der Waals surface area contributed by atoms with E-state index in [4.69, 9.17) is 5.73 Å². The second-order valence-corrected chi connectivity index (χ2v) is 5.44. The van der Waals surface area contributed by atoms with E-state index in [0.29, 0.717) is 24.6 Å². The van der Waals surface area contributed by atoms with Crippen molar-refractivity contribution in [2.24, 2.45) is 17.6 Å². The Bertz CT molecular complexity index is 432. The van der Waals surface area contributed by atoms with Crippen LogP contribution < -0.4 is 11.1 Å². The van der Waals surface area contributed by atoms with Crippen LogP contribution in [0.5, 0.6) is 0 Å². The van der Waals surface area contributed by atoms with E-state index in [1.165, 1.54) is 12.1 Å². The number of anilines is 1. The predicted molar refractivity (Wildman–Crippen MR) is 76.4 cm³/mol. The molecule has 0 spiro atoms. The molecule has 0 aromatic heterocycles. The monoisotopic (exact) mass is 266 g/mol. The van der Waals surface area contributed by atoms with E-state index in [2.05, 4.69) is 19.2 Å². The number of carbonyl (C=O) groups is 1. The highest BCUT2D eigenvalue weighted by Gasteiger charge is 2.14. The minimum Gasteiger partial charge on any atom is -0.330 e. The van der Waals surface area contributed by atoms with Crippen molar-refractivity contribution < 1.29 is 9.18 Å². The van der Waals surface area contributed by atoms with Gasteiger partial charge >= 0.3 is 0 Å². The van der Waals surface area contributed by atoms with Gasteiger partial charge in [0.15, 0.2) is 0 Å². The maximum absolute atomic E-state index is 13.1. The molecule has 19 heavy (non-hydrogen) atoms. The number of halogens is 1. The summed E-state index contributed by atoms with van der Waals surface area (Å²) in [5, 5.41) is 2.75. The first-order chi connectivity index (χ1) is 8.92. The second-order valence-electron chi connectivity index (χ2n) is 5.44. The van der Waals surface area contributed by atoms with E-state index in [1.807, 2.05) is 6.92 Å². The van der Waals surface area contributed by atoms with Crippen LogP contribution in [0.4, 0.5) is 10.1 Å². The number of rotatable bonds is 6. The van der Waals surface area contributed by atoms with Gasteiger partial charge in [-0.3, -0.25) is 4.79 Å². The largest absolute Gasteiger partial charge is 0.330 e. The van der Waals surface area contributed by atoms with Gasteiger partial charge in [0.1, 0.15) is 5.82 Å². The molecular formula is C15H23FN2O. The van der Waals surface area contributed by atoms with Crippen molar-refractivity contribution in [3.63, 3.8) is 0 Å². The summed E-state index contributed by atoms with van der Waals surface area (Å²) in [4.78, 5) is 11.9. The van der Waals surface area contributed by atoms with Crippen molar-refractivity contribution in [1.29, 1.82) is 0 Å². The Kier molecular flexibility index (Phi) is 5.96. The topological polar surface area (TPSA) is 55.1 Å². The molecule has 4 heteroatoms. The maximum atomic E-state index is 13.1. The third-order valence-electron chi connectivity index (χ3n) is 3.09. The normalized spacial score (nSPS) is 12.5. The quantitative estimate of drug-likeness (QED) is 0.831. The Hall–Kier alpha value is -1.42. The molecule has 1 unspecified atom stereocenters. The fourth-order valence-corrected chi connectivity index (χ4v) is 2.12. The molecule has 0 heterocycles. The summed E-state index contributed by atoms with van der Waals surface area (Å²) in [7, 11) is 0. The fraction of sp³-hybridized carbons (Fsp3) is 0.533. The summed E-state index contributed by atoms with van der Waals surface area (Å²) in [5.74, 6) is 0.231. The highest BCUT2D eigenvalue weighted by molar-refractivity contribution is 5.91. The molecule has 1 aromatic rings. The Labute approximate surface area is 114 Å². The number of benzene rings is 1. The van der Waals surface area contributed by atoms with Crippen molar-refractivity contribution >= 4 is 11.6 Å². The molecule has 106 valence electrons. The van der Waals surface area contributed by atoms with Gasteiger partial charge in [0.25, 0.3) is 0 Å². The van der Waals surface area contributed by atoms with Crippen molar-refractivity contribution in [2.45, 2.75) is 33.6 Å². The number of aryl methyl sites for hydroxylation is 1. The van der Waals surface area contributed by atoms with E-state index in [1.54, 1.807) is 6.07 Å². The Morgan fingerprint density at radius 1 is 1.42 bits per heavy atom. The third kappa shape index (κ3) is 5.39. The van der Waals surface area contributed by atoms with E-state index in [0.717, 1.165) is 12.0 Å². The fourth-order valence-electron chi connectivity index (χ4n) is 2.12. The van der Waals surface area contributed by atoms with Crippen LogP contribution in [-0.2, 0) is 4.79 Å². The van der Waals surface area contributed by atoms with Gasteiger partial charge < -0.3 is 11.1 Å². The highest BCUT2D eigenvalue weighted by atomic mass is 19.1. The van der Waals surface area contributed by atoms with Crippen molar-refractivity contribution in [3.05, 3.63) is 29.6 Å². The van der Waals surface area contributed by atoms with Crippen LogP contribution in [0, 0.1) is 24.6 Å². The average Bonchev–Trinajstić information content (AvgIpc) is 2.32. The van der Waals surface area contributed by atoms with Crippen LogP contribution in [0.1, 0.15) is 32.3 Å². The van der Waals surface area contributed by atoms with Gasteiger partial charge in [-0.05, 0) is 49.4 Å². The lowest BCUT2D eigenvalue weighted by Crippen LogP contribution is -2.23. The molecule has 1 amide bonds. The zero-order valence-corrected chi connectivity index (χ0v) is 11.9. The molecule has 0 bridgehead atoms. The zero-order valence-electron chi connectivity index (χ0n) is 11.9. The van der Waals surface area contributed by atoms with E-state index < -0.39 is 0 Å². The minimum atomic E-state index is -0.349. The number of nitrogens with two attached hydrogens (primary N) is 1. The standard InChI is InChI=1S/C15H23FN2O/c1-10(2)6-12(9-17)7-15(19)18-14-8-13(16)5-4-11(14)3/h4-5,8,10,12H,6-7,9,17H2,1-3H3,(H,18,19). The molecule has 0 aliphatic carbocycles. The van der Waals surface area contributed by atoms with Gasteiger partial charge in [0.05, 0.1) is 0 Å². The number of hydrogen-bond acceptors (Lipinski definition) is 2. The highest BCUT2D eigenvalue weighted by Crippen LogP contribution is 2.19. The molecule has 0 aliphatic heterocycles. The first kappa shape index (κ1) is 15.6. The van der Waals surface area contributed by atoms with E-state index >= 15 is 0 Å². The van der Waals surface area contributed by atoms with E-state index in [-0.39, 0.29) is 17.6 Å². The third-order valence-corrected chi connectivity index (χ3v) is 3.09. The van der Waals surface area contributed by atoms with Gasteiger partial charge in [-0.1, -0.05) is 19.9 Å². The number of carbonyl (C=O) groups excluding carboxylic acids is 1. The van der Waals surface area contributed by atoms with Gasteiger partial charge in [-0.25, -0.2) is 4.39 Å². The SMILES string of the molecule is Cc1ccc(F)cc1NC(=O)CC(CN)CC(C)C. The Morgan fingerprint density at radius 2 is 2.11 bits per heavy atom. The molecule has 1 atom stereocenters. The molecule has 3 N–H and O–H groups in total. The van der Waals surface area contributed by atoms with Crippen LogP contribution in [0.15, 0.2) is 18.2 Å². The average molecular weight is 266 g/mol. The minimum absolute atomic E-state index is 0.107. The predicted octanol–water partition coefficient (Wildman–Crippen LogP) is 3.08.